The lowest BCUT2D eigenvalue weighted by molar-refractivity contribution is 0.0517. The van der Waals surface area contributed by atoms with Gasteiger partial charge in [0.15, 0.2) is 0 Å². The van der Waals surface area contributed by atoms with Crippen LogP contribution in [0.1, 0.15) is 58.8 Å². The van der Waals surface area contributed by atoms with Gasteiger partial charge in [-0.15, -0.1) is 0 Å². The molecule has 2 heteroatoms. The number of hydrogen-bond acceptors (Lipinski definition) is 2. The van der Waals surface area contributed by atoms with Crippen molar-refractivity contribution in [1.82, 2.24) is 5.32 Å². The number of rotatable bonds is 4. The Morgan fingerprint density at radius 1 is 1.12 bits per heavy atom. The lowest BCUT2D eigenvalue weighted by Gasteiger charge is -2.37. The Labute approximate surface area is 107 Å². The fourth-order valence-electron chi connectivity index (χ4n) is 3.61. The molecule has 0 spiro atoms. The fraction of sp³-hybridized carbons (Fsp3) is 1.00. The zero-order chi connectivity index (χ0) is 12.1. The van der Waals surface area contributed by atoms with E-state index in [1.54, 1.807) is 0 Å². The van der Waals surface area contributed by atoms with E-state index in [9.17, 15) is 0 Å². The highest BCUT2D eigenvalue weighted by atomic mass is 16.5. The highest BCUT2D eigenvalue weighted by Crippen LogP contribution is 2.28. The van der Waals surface area contributed by atoms with E-state index in [-0.39, 0.29) is 0 Å². The molecule has 2 nitrogen and oxygen atoms in total. The van der Waals surface area contributed by atoms with Crippen LogP contribution in [0.15, 0.2) is 0 Å². The summed E-state index contributed by atoms with van der Waals surface area (Å²) in [7, 11) is 0. The second-order valence-corrected chi connectivity index (χ2v) is 5.96. The average molecular weight is 239 g/mol. The molecule has 100 valence electrons. The molecule has 0 aromatic heterocycles. The van der Waals surface area contributed by atoms with Crippen molar-refractivity contribution < 1.29 is 4.74 Å². The predicted octanol–water partition coefficient (Wildman–Crippen LogP) is 3.36. The standard InChI is InChI=1S/C15H29NO/c1-3-13-6-4-5-7-15(13)16-12(2)14-8-10-17-11-9-14/h12-16H,3-11H2,1-2H3. The first kappa shape index (κ1) is 13.4. The molecule has 3 atom stereocenters. The zero-order valence-corrected chi connectivity index (χ0v) is 11.6. The minimum absolute atomic E-state index is 0.677. The molecule has 0 aromatic carbocycles. The van der Waals surface area contributed by atoms with E-state index in [1.807, 2.05) is 0 Å². The molecule has 1 N–H and O–H groups in total. The van der Waals surface area contributed by atoms with Gasteiger partial charge in [-0.05, 0) is 44.4 Å². The maximum atomic E-state index is 5.45. The molecule has 1 aliphatic heterocycles. The first-order chi connectivity index (χ1) is 8.31. The predicted molar refractivity (Wildman–Crippen MR) is 72.2 cm³/mol. The molecular weight excluding hydrogens is 210 g/mol. The first-order valence-corrected chi connectivity index (χ1v) is 7.65. The Hall–Kier alpha value is -0.0800. The largest absolute Gasteiger partial charge is 0.381 e. The maximum absolute atomic E-state index is 5.45. The van der Waals surface area contributed by atoms with E-state index in [2.05, 4.69) is 19.2 Å². The maximum Gasteiger partial charge on any atom is 0.0469 e. The van der Waals surface area contributed by atoms with Crippen LogP contribution in [0.5, 0.6) is 0 Å². The summed E-state index contributed by atoms with van der Waals surface area (Å²) in [5.41, 5.74) is 0. The van der Waals surface area contributed by atoms with Gasteiger partial charge in [-0.1, -0.05) is 26.2 Å². The Bertz CT molecular complexity index is 213. The Morgan fingerprint density at radius 3 is 2.53 bits per heavy atom. The lowest BCUT2D eigenvalue weighted by atomic mass is 9.81. The summed E-state index contributed by atoms with van der Waals surface area (Å²) in [4.78, 5) is 0. The van der Waals surface area contributed by atoms with Gasteiger partial charge in [0, 0.05) is 25.3 Å². The second kappa shape index (κ2) is 6.75. The van der Waals surface area contributed by atoms with Gasteiger partial charge in [-0.25, -0.2) is 0 Å². The highest BCUT2D eigenvalue weighted by molar-refractivity contribution is 4.85. The molecular formula is C15H29NO. The van der Waals surface area contributed by atoms with Crippen LogP contribution in [0.2, 0.25) is 0 Å². The van der Waals surface area contributed by atoms with Crippen LogP contribution >= 0.6 is 0 Å². The molecule has 1 saturated heterocycles. The zero-order valence-electron chi connectivity index (χ0n) is 11.6. The summed E-state index contributed by atoms with van der Waals surface area (Å²) in [5.74, 6) is 1.76. The molecule has 2 fully saturated rings. The van der Waals surface area contributed by atoms with E-state index in [0.717, 1.165) is 31.1 Å². The summed E-state index contributed by atoms with van der Waals surface area (Å²) in [6.45, 7) is 6.68. The summed E-state index contributed by atoms with van der Waals surface area (Å²) in [6.07, 6.45) is 9.55. The van der Waals surface area contributed by atoms with Gasteiger partial charge < -0.3 is 10.1 Å². The second-order valence-electron chi connectivity index (χ2n) is 5.96. The van der Waals surface area contributed by atoms with Crippen molar-refractivity contribution in [3.8, 4) is 0 Å². The topological polar surface area (TPSA) is 21.3 Å². The minimum Gasteiger partial charge on any atom is -0.381 e. The molecule has 0 aromatic rings. The van der Waals surface area contributed by atoms with Crippen LogP contribution in [-0.2, 0) is 4.74 Å². The Kier molecular flexibility index (Phi) is 5.30. The molecule has 0 amide bonds. The number of nitrogens with one attached hydrogen (secondary N) is 1. The van der Waals surface area contributed by atoms with Gasteiger partial charge in [0.2, 0.25) is 0 Å². The van der Waals surface area contributed by atoms with Crippen molar-refractivity contribution >= 4 is 0 Å². The van der Waals surface area contributed by atoms with Crippen molar-refractivity contribution in [2.75, 3.05) is 13.2 Å². The van der Waals surface area contributed by atoms with Crippen molar-refractivity contribution in [3.63, 3.8) is 0 Å². The molecule has 0 bridgehead atoms. The highest BCUT2D eigenvalue weighted by Gasteiger charge is 2.27. The molecule has 1 aliphatic carbocycles. The third-order valence-electron chi connectivity index (χ3n) is 4.88. The van der Waals surface area contributed by atoms with Gasteiger partial charge >= 0.3 is 0 Å². The van der Waals surface area contributed by atoms with Gasteiger partial charge in [-0.3, -0.25) is 0 Å². The molecule has 0 radical (unpaired) electrons. The van der Waals surface area contributed by atoms with Crippen LogP contribution in [0, 0.1) is 11.8 Å². The molecule has 2 rings (SSSR count). The quantitative estimate of drug-likeness (QED) is 0.812. The van der Waals surface area contributed by atoms with Crippen molar-refractivity contribution in [2.45, 2.75) is 70.9 Å². The lowest BCUT2D eigenvalue weighted by Crippen LogP contribution is -2.47. The van der Waals surface area contributed by atoms with Crippen molar-refractivity contribution in [3.05, 3.63) is 0 Å². The van der Waals surface area contributed by atoms with Crippen LogP contribution in [0.25, 0.3) is 0 Å². The molecule has 1 heterocycles. The molecule has 2 aliphatic rings. The van der Waals surface area contributed by atoms with E-state index in [4.69, 9.17) is 4.74 Å². The normalized spacial score (nSPS) is 33.5. The average Bonchev–Trinajstić information content (AvgIpc) is 2.40. The van der Waals surface area contributed by atoms with Crippen LogP contribution in [0.3, 0.4) is 0 Å². The van der Waals surface area contributed by atoms with E-state index in [0.29, 0.717) is 6.04 Å². The van der Waals surface area contributed by atoms with Crippen LogP contribution < -0.4 is 5.32 Å². The number of hydrogen-bond donors (Lipinski definition) is 1. The van der Waals surface area contributed by atoms with Gasteiger partial charge in [0.25, 0.3) is 0 Å². The Morgan fingerprint density at radius 2 is 1.82 bits per heavy atom. The summed E-state index contributed by atoms with van der Waals surface area (Å²) < 4.78 is 5.45. The van der Waals surface area contributed by atoms with E-state index < -0.39 is 0 Å². The first-order valence-electron chi connectivity index (χ1n) is 7.65. The third kappa shape index (κ3) is 3.69. The van der Waals surface area contributed by atoms with Crippen LogP contribution in [-0.4, -0.2) is 25.3 Å². The summed E-state index contributed by atoms with van der Waals surface area (Å²) >= 11 is 0. The number of ether oxygens (including phenoxy) is 1. The third-order valence-corrected chi connectivity index (χ3v) is 4.88. The molecule has 3 unspecified atom stereocenters. The van der Waals surface area contributed by atoms with Gasteiger partial charge in [-0.2, -0.15) is 0 Å². The van der Waals surface area contributed by atoms with Crippen molar-refractivity contribution in [1.29, 1.82) is 0 Å². The SMILES string of the molecule is CCC1CCCCC1NC(C)C1CCOCC1. The van der Waals surface area contributed by atoms with E-state index in [1.165, 1.54) is 44.9 Å². The minimum atomic E-state index is 0.677. The molecule has 17 heavy (non-hydrogen) atoms. The summed E-state index contributed by atoms with van der Waals surface area (Å²) in [5, 5.41) is 3.93. The van der Waals surface area contributed by atoms with Gasteiger partial charge in [0.1, 0.15) is 0 Å². The van der Waals surface area contributed by atoms with Crippen LogP contribution in [0.4, 0.5) is 0 Å². The Balaban J connectivity index is 1.81. The van der Waals surface area contributed by atoms with Gasteiger partial charge in [0.05, 0.1) is 0 Å². The van der Waals surface area contributed by atoms with Crippen molar-refractivity contribution in [2.24, 2.45) is 11.8 Å². The smallest absolute Gasteiger partial charge is 0.0469 e. The monoisotopic (exact) mass is 239 g/mol. The van der Waals surface area contributed by atoms with E-state index >= 15 is 0 Å². The molecule has 1 saturated carbocycles. The summed E-state index contributed by atoms with van der Waals surface area (Å²) in [6, 6.07) is 1.46. The fourth-order valence-corrected chi connectivity index (χ4v) is 3.61.